The normalized spacial score (nSPS) is 11.4. The largest absolute Gasteiger partial charge is 0.497 e. The van der Waals surface area contributed by atoms with Crippen LogP contribution in [0.5, 0.6) is 11.6 Å². The van der Waals surface area contributed by atoms with Crippen LogP contribution in [0.15, 0.2) is 69.2 Å². The summed E-state index contributed by atoms with van der Waals surface area (Å²) in [4.78, 5) is 29.4. The summed E-state index contributed by atoms with van der Waals surface area (Å²) in [6, 6.07) is 16.0. The number of rotatable bonds is 4. The molecule has 0 bridgehead atoms. The molecule has 3 rings (SSSR count). The van der Waals surface area contributed by atoms with Gasteiger partial charge < -0.3 is 9.84 Å². The van der Waals surface area contributed by atoms with Crippen molar-refractivity contribution in [1.29, 1.82) is 0 Å². The minimum absolute atomic E-state index is 0.0402. The van der Waals surface area contributed by atoms with Gasteiger partial charge in [0.1, 0.15) is 11.3 Å². The molecule has 1 heterocycles. The SMILES string of the molecule is COc1ccc(N=C(c2ccccc2)c2c(O)n(C)c(=O)n(C)c2=O)cc1. The first kappa shape index (κ1) is 18.2. The number of aliphatic imine (C=N–C) groups is 1. The molecule has 0 aliphatic carbocycles. The summed E-state index contributed by atoms with van der Waals surface area (Å²) in [5.41, 5.74) is 0.213. The Labute approximate surface area is 155 Å². The number of nitrogens with zero attached hydrogens (tertiary/aromatic N) is 3. The molecule has 0 saturated heterocycles. The van der Waals surface area contributed by atoms with E-state index in [0.29, 0.717) is 17.0 Å². The number of aromatic nitrogens is 2. The second-order valence-electron chi connectivity index (χ2n) is 5.93. The number of aromatic hydroxyl groups is 1. The van der Waals surface area contributed by atoms with Gasteiger partial charge in [-0.3, -0.25) is 13.9 Å². The molecular weight excluding hydrogens is 346 g/mol. The van der Waals surface area contributed by atoms with Crippen LogP contribution >= 0.6 is 0 Å². The molecule has 138 valence electrons. The predicted octanol–water partition coefficient (Wildman–Crippen LogP) is 1.97. The summed E-state index contributed by atoms with van der Waals surface area (Å²) in [5.74, 6) is 0.246. The van der Waals surface area contributed by atoms with Crippen LogP contribution in [0.3, 0.4) is 0 Å². The van der Waals surface area contributed by atoms with Gasteiger partial charge >= 0.3 is 5.69 Å². The lowest BCUT2D eigenvalue weighted by atomic mass is 10.0. The van der Waals surface area contributed by atoms with Gasteiger partial charge in [0.2, 0.25) is 5.88 Å². The molecular formula is C20H19N3O4. The maximum Gasteiger partial charge on any atom is 0.333 e. The van der Waals surface area contributed by atoms with E-state index in [4.69, 9.17) is 4.74 Å². The Morgan fingerprint density at radius 3 is 2.19 bits per heavy atom. The lowest BCUT2D eigenvalue weighted by Gasteiger charge is -2.13. The minimum Gasteiger partial charge on any atom is -0.497 e. The van der Waals surface area contributed by atoms with Gasteiger partial charge in [0.25, 0.3) is 5.56 Å². The quantitative estimate of drug-likeness (QED) is 0.716. The second-order valence-corrected chi connectivity index (χ2v) is 5.93. The number of methoxy groups -OCH3 is 1. The summed E-state index contributed by atoms with van der Waals surface area (Å²) in [7, 11) is 4.33. The lowest BCUT2D eigenvalue weighted by molar-refractivity contribution is 0.410. The van der Waals surface area contributed by atoms with Gasteiger partial charge in [-0.2, -0.15) is 0 Å². The van der Waals surface area contributed by atoms with Gasteiger partial charge in [0.05, 0.1) is 18.5 Å². The topological polar surface area (TPSA) is 85.8 Å². The lowest BCUT2D eigenvalue weighted by Crippen LogP contribution is -2.40. The zero-order valence-electron chi connectivity index (χ0n) is 15.2. The minimum atomic E-state index is -0.619. The first-order valence-electron chi connectivity index (χ1n) is 8.21. The van der Waals surface area contributed by atoms with E-state index in [2.05, 4.69) is 4.99 Å². The van der Waals surface area contributed by atoms with Crippen LogP contribution in [0.1, 0.15) is 11.1 Å². The summed E-state index contributed by atoms with van der Waals surface area (Å²) >= 11 is 0. The number of ether oxygens (including phenoxy) is 1. The van der Waals surface area contributed by atoms with Crippen LogP contribution in [0.25, 0.3) is 0 Å². The molecule has 0 atom stereocenters. The molecule has 7 nitrogen and oxygen atoms in total. The van der Waals surface area contributed by atoms with Gasteiger partial charge in [0.15, 0.2) is 0 Å². The molecule has 0 unspecified atom stereocenters. The number of hydrogen-bond acceptors (Lipinski definition) is 5. The monoisotopic (exact) mass is 365 g/mol. The Kier molecular flexibility index (Phi) is 4.94. The Bertz CT molecular complexity index is 1110. The third kappa shape index (κ3) is 3.39. The Hall–Kier alpha value is -3.61. The van der Waals surface area contributed by atoms with Gasteiger partial charge in [-0.1, -0.05) is 30.3 Å². The van der Waals surface area contributed by atoms with Crippen molar-refractivity contribution in [3.63, 3.8) is 0 Å². The summed E-state index contributed by atoms with van der Waals surface area (Å²) in [6.07, 6.45) is 0. The van der Waals surface area contributed by atoms with Crippen molar-refractivity contribution < 1.29 is 9.84 Å². The molecule has 0 aliphatic rings. The van der Waals surface area contributed by atoms with Crippen molar-refractivity contribution in [1.82, 2.24) is 9.13 Å². The molecule has 0 saturated carbocycles. The van der Waals surface area contributed by atoms with Crippen molar-refractivity contribution in [3.8, 4) is 11.6 Å². The Morgan fingerprint density at radius 1 is 0.963 bits per heavy atom. The van der Waals surface area contributed by atoms with E-state index in [1.54, 1.807) is 43.5 Å². The van der Waals surface area contributed by atoms with E-state index in [1.165, 1.54) is 14.1 Å². The van der Waals surface area contributed by atoms with Crippen molar-refractivity contribution in [2.24, 2.45) is 19.1 Å². The van der Waals surface area contributed by atoms with E-state index in [1.807, 2.05) is 18.2 Å². The van der Waals surface area contributed by atoms with Crippen LogP contribution in [0, 0.1) is 0 Å². The fraction of sp³-hybridized carbons (Fsp3) is 0.150. The summed E-state index contributed by atoms with van der Waals surface area (Å²) < 4.78 is 7.11. The van der Waals surface area contributed by atoms with Crippen LogP contribution in [-0.4, -0.2) is 27.1 Å². The third-order valence-corrected chi connectivity index (χ3v) is 4.23. The Balaban J connectivity index is 2.31. The maximum absolute atomic E-state index is 12.8. The zero-order chi connectivity index (χ0) is 19.6. The van der Waals surface area contributed by atoms with Gasteiger partial charge in [-0.15, -0.1) is 0 Å². The highest BCUT2D eigenvalue weighted by Gasteiger charge is 2.21. The molecule has 7 heteroatoms. The highest BCUT2D eigenvalue weighted by Crippen LogP contribution is 2.22. The first-order valence-corrected chi connectivity index (χ1v) is 8.21. The summed E-state index contributed by atoms with van der Waals surface area (Å²) in [5, 5.41) is 10.5. The smallest absolute Gasteiger partial charge is 0.333 e. The fourth-order valence-corrected chi connectivity index (χ4v) is 2.69. The predicted molar refractivity (Wildman–Crippen MR) is 103 cm³/mol. The van der Waals surface area contributed by atoms with E-state index >= 15 is 0 Å². The molecule has 27 heavy (non-hydrogen) atoms. The van der Waals surface area contributed by atoms with Crippen LogP contribution < -0.4 is 16.0 Å². The molecule has 0 aliphatic heterocycles. The second kappa shape index (κ2) is 7.33. The number of hydrogen-bond donors (Lipinski definition) is 1. The maximum atomic E-state index is 12.8. The van der Waals surface area contributed by atoms with Gasteiger partial charge in [0, 0.05) is 19.7 Å². The van der Waals surface area contributed by atoms with E-state index in [9.17, 15) is 14.7 Å². The van der Waals surface area contributed by atoms with E-state index in [0.717, 1.165) is 9.13 Å². The Morgan fingerprint density at radius 2 is 1.59 bits per heavy atom. The standard InChI is InChI=1S/C20H19N3O4/c1-22-18(24)16(19(25)23(2)20(22)26)17(13-7-5-4-6-8-13)21-14-9-11-15(27-3)12-10-14/h4-12,24H,1-3H3. The average molecular weight is 365 g/mol. The third-order valence-electron chi connectivity index (χ3n) is 4.23. The average Bonchev–Trinajstić information content (AvgIpc) is 2.71. The highest BCUT2D eigenvalue weighted by molar-refractivity contribution is 6.15. The van der Waals surface area contributed by atoms with Gasteiger partial charge in [-0.25, -0.2) is 9.79 Å². The van der Waals surface area contributed by atoms with E-state index in [-0.39, 0.29) is 11.3 Å². The molecule has 0 amide bonds. The fourth-order valence-electron chi connectivity index (χ4n) is 2.69. The van der Waals surface area contributed by atoms with Crippen molar-refractivity contribution >= 4 is 11.4 Å². The van der Waals surface area contributed by atoms with Crippen molar-refractivity contribution in [2.45, 2.75) is 0 Å². The van der Waals surface area contributed by atoms with Crippen molar-refractivity contribution in [2.75, 3.05) is 7.11 Å². The highest BCUT2D eigenvalue weighted by atomic mass is 16.5. The van der Waals surface area contributed by atoms with E-state index < -0.39 is 17.1 Å². The zero-order valence-corrected chi connectivity index (χ0v) is 15.2. The molecule has 1 N–H and O–H groups in total. The van der Waals surface area contributed by atoms with Crippen LogP contribution in [0.4, 0.5) is 5.69 Å². The summed E-state index contributed by atoms with van der Waals surface area (Å²) in [6.45, 7) is 0. The van der Waals surface area contributed by atoms with Gasteiger partial charge in [-0.05, 0) is 24.3 Å². The first-order chi connectivity index (χ1) is 12.9. The van der Waals surface area contributed by atoms with Crippen LogP contribution in [-0.2, 0) is 14.1 Å². The number of benzene rings is 2. The molecule has 2 aromatic carbocycles. The van der Waals surface area contributed by atoms with Crippen molar-refractivity contribution in [3.05, 3.63) is 86.6 Å². The molecule has 1 aromatic heterocycles. The molecule has 0 radical (unpaired) electrons. The van der Waals surface area contributed by atoms with Crippen LogP contribution in [0.2, 0.25) is 0 Å². The molecule has 0 fully saturated rings. The molecule has 3 aromatic rings. The molecule has 0 spiro atoms.